The molecule has 2 heterocycles. The van der Waals surface area contributed by atoms with Crippen LogP contribution < -0.4 is 20.1 Å². The highest BCUT2D eigenvalue weighted by Crippen LogP contribution is 2.38. The van der Waals surface area contributed by atoms with Crippen molar-refractivity contribution in [2.75, 3.05) is 32.6 Å². The minimum absolute atomic E-state index is 0.0358. The zero-order valence-corrected chi connectivity index (χ0v) is 17.4. The molecule has 0 saturated carbocycles. The lowest BCUT2D eigenvalue weighted by molar-refractivity contribution is -0.385. The molecule has 11 nitrogen and oxygen atoms in total. The standard InChI is InChI=1S/C20H25N5O6/c1-29-14-3-4-16(30-2)15(10-14)24-20-19(25(27)28)18(22-11-23-20)17(31-12-26)9-13-5-7-21-8-6-13/h3-4,10-13,17,21H,5-9H2,1-2H3,(H,22,23,24). The molecule has 2 aromatic rings. The van der Waals surface area contributed by atoms with Gasteiger partial charge in [-0.05, 0) is 50.4 Å². The molecule has 0 radical (unpaired) electrons. The van der Waals surface area contributed by atoms with Crippen molar-refractivity contribution in [3.63, 3.8) is 0 Å². The van der Waals surface area contributed by atoms with Gasteiger partial charge in [-0.1, -0.05) is 0 Å². The van der Waals surface area contributed by atoms with E-state index in [1.54, 1.807) is 18.2 Å². The van der Waals surface area contributed by atoms with Gasteiger partial charge in [0.25, 0.3) is 6.47 Å². The summed E-state index contributed by atoms with van der Waals surface area (Å²) in [5.74, 6) is 1.21. The number of hydrogen-bond acceptors (Lipinski definition) is 10. The topological polar surface area (TPSA) is 138 Å². The van der Waals surface area contributed by atoms with Gasteiger partial charge in [-0.15, -0.1) is 0 Å². The molecule has 0 aliphatic carbocycles. The van der Waals surface area contributed by atoms with Crippen LogP contribution in [0.15, 0.2) is 24.5 Å². The number of carbonyl (C=O) groups excluding carboxylic acids is 1. The van der Waals surface area contributed by atoms with E-state index in [9.17, 15) is 14.9 Å². The van der Waals surface area contributed by atoms with Crippen LogP contribution in [0.25, 0.3) is 0 Å². The van der Waals surface area contributed by atoms with E-state index in [4.69, 9.17) is 14.2 Å². The monoisotopic (exact) mass is 431 g/mol. The number of anilines is 2. The molecule has 1 fully saturated rings. The van der Waals surface area contributed by atoms with Gasteiger partial charge in [0.05, 0.1) is 24.8 Å². The fourth-order valence-electron chi connectivity index (χ4n) is 3.66. The molecule has 1 aromatic carbocycles. The maximum atomic E-state index is 12.0. The van der Waals surface area contributed by atoms with Crippen LogP contribution in [0.1, 0.15) is 31.1 Å². The first-order valence-electron chi connectivity index (χ1n) is 9.85. The number of piperidine rings is 1. The van der Waals surface area contributed by atoms with Gasteiger partial charge >= 0.3 is 5.69 Å². The second kappa shape index (κ2) is 10.5. The van der Waals surface area contributed by atoms with Gasteiger partial charge in [-0.25, -0.2) is 9.97 Å². The van der Waals surface area contributed by atoms with Crippen molar-refractivity contribution in [1.29, 1.82) is 0 Å². The van der Waals surface area contributed by atoms with Crippen LogP contribution in [-0.2, 0) is 9.53 Å². The van der Waals surface area contributed by atoms with Crippen LogP contribution in [0.4, 0.5) is 17.2 Å². The van der Waals surface area contributed by atoms with Crippen LogP contribution >= 0.6 is 0 Å². The summed E-state index contributed by atoms with van der Waals surface area (Å²) in [4.78, 5) is 30.7. The third-order valence-electron chi connectivity index (χ3n) is 5.22. The number of ether oxygens (including phenoxy) is 3. The Bertz CT molecular complexity index is 919. The Morgan fingerprint density at radius 3 is 2.71 bits per heavy atom. The van der Waals surface area contributed by atoms with E-state index >= 15 is 0 Å². The second-order valence-corrected chi connectivity index (χ2v) is 7.05. The molecule has 1 aromatic heterocycles. The van der Waals surface area contributed by atoms with Gasteiger partial charge in [-0.3, -0.25) is 14.9 Å². The highest BCUT2D eigenvalue weighted by atomic mass is 16.6. The Hall–Kier alpha value is -3.47. The smallest absolute Gasteiger partial charge is 0.336 e. The Balaban J connectivity index is 1.98. The molecule has 1 saturated heterocycles. The van der Waals surface area contributed by atoms with Crippen LogP contribution in [0.2, 0.25) is 0 Å². The Morgan fingerprint density at radius 1 is 1.29 bits per heavy atom. The second-order valence-electron chi connectivity index (χ2n) is 7.05. The summed E-state index contributed by atoms with van der Waals surface area (Å²) in [7, 11) is 3.00. The van der Waals surface area contributed by atoms with Crippen molar-refractivity contribution in [3.05, 3.63) is 40.3 Å². The predicted molar refractivity (Wildman–Crippen MR) is 112 cm³/mol. The van der Waals surface area contributed by atoms with Crippen LogP contribution in [-0.4, -0.2) is 48.7 Å². The average molecular weight is 431 g/mol. The first-order valence-corrected chi connectivity index (χ1v) is 9.85. The van der Waals surface area contributed by atoms with E-state index in [-0.39, 0.29) is 23.1 Å². The molecule has 1 aliphatic rings. The predicted octanol–water partition coefficient (Wildman–Crippen LogP) is 2.75. The van der Waals surface area contributed by atoms with E-state index in [2.05, 4.69) is 20.6 Å². The van der Waals surface area contributed by atoms with Gasteiger partial charge in [-0.2, -0.15) is 0 Å². The number of methoxy groups -OCH3 is 2. The van der Waals surface area contributed by atoms with E-state index in [1.165, 1.54) is 20.5 Å². The van der Waals surface area contributed by atoms with Crippen LogP contribution in [0, 0.1) is 16.0 Å². The van der Waals surface area contributed by atoms with Crippen molar-refractivity contribution < 1.29 is 23.9 Å². The molecule has 166 valence electrons. The molecule has 31 heavy (non-hydrogen) atoms. The number of nitro groups is 1. The number of carbonyl (C=O) groups is 1. The Morgan fingerprint density at radius 2 is 2.06 bits per heavy atom. The maximum Gasteiger partial charge on any atom is 0.336 e. The summed E-state index contributed by atoms with van der Waals surface area (Å²) in [6.07, 6.45) is 2.59. The summed E-state index contributed by atoms with van der Waals surface area (Å²) in [6.45, 7) is 2.01. The number of rotatable bonds is 10. The summed E-state index contributed by atoms with van der Waals surface area (Å²) in [5.41, 5.74) is 0.129. The number of hydrogen-bond donors (Lipinski definition) is 2. The van der Waals surface area contributed by atoms with Crippen molar-refractivity contribution >= 4 is 23.7 Å². The lowest BCUT2D eigenvalue weighted by Gasteiger charge is -2.26. The quantitative estimate of drug-likeness (QED) is 0.328. The van der Waals surface area contributed by atoms with Gasteiger partial charge in [0.15, 0.2) is 11.8 Å². The summed E-state index contributed by atoms with van der Waals surface area (Å²) >= 11 is 0. The average Bonchev–Trinajstić information content (AvgIpc) is 2.79. The zero-order chi connectivity index (χ0) is 22.2. The Labute approximate surface area is 179 Å². The number of aromatic nitrogens is 2. The molecule has 1 atom stereocenters. The minimum Gasteiger partial charge on any atom is -0.497 e. The highest BCUT2D eigenvalue weighted by Gasteiger charge is 2.32. The first-order chi connectivity index (χ1) is 15.1. The third kappa shape index (κ3) is 5.37. The van der Waals surface area contributed by atoms with Crippen LogP contribution in [0.5, 0.6) is 11.5 Å². The van der Waals surface area contributed by atoms with Crippen molar-refractivity contribution in [2.45, 2.75) is 25.4 Å². The molecule has 2 N–H and O–H groups in total. The summed E-state index contributed by atoms with van der Waals surface area (Å²) in [6, 6.07) is 5.01. The lowest BCUT2D eigenvalue weighted by atomic mass is 9.90. The number of benzene rings is 1. The zero-order valence-electron chi connectivity index (χ0n) is 17.4. The molecule has 3 rings (SSSR count). The number of nitrogens with one attached hydrogen (secondary N) is 2. The van der Waals surface area contributed by atoms with Gasteiger partial charge < -0.3 is 24.8 Å². The molecule has 0 spiro atoms. The van der Waals surface area contributed by atoms with Gasteiger partial charge in [0, 0.05) is 6.07 Å². The summed E-state index contributed by atoms with van der Waals surface area (Å²) < 4.78 is 15.8. The maximum absolute atomic E-state index is 12.0. The molecule has 0 amide bonds. The third-order valence-corrected chi connectivity index (χ3v) is 5.22. The fourth-order valence-corrected chi connectivity index (χ4v) is 3.66. The van der Waals surface area contributed by atoms with Crippen molar-refractivity contribution in [1.82, 2.24) is 15.3 Å². The summed E-state index contributed by atoms with van der Waals surface area (Å²) in [5, 5.41) is 18.2. The van der Waals surface area contributed by atoms with E-state index in [1.807, 2.05) is 0 Å². The van der Waals surface area contributed by atoms with Gasteiger partial charge in [0.2, 0.25) is 5.82 Å². The SMILES string of the molecule is COc1ccc(OC)c(Nc2ncnc(C(CC3CCNCC3)OC=O)c2[N+](=O)[O-])c1. The van der Waals surface area contributed by atoms with Crippen molar-refractivity contribution in [2.24, 2.45) is 5.92 Å². The largest absolute Gasteiger partial charge is 0.497 e. The normalized spacial score (nSPS) is 15.0. The van der Waals surface area contributed by atoms with E-state index in [0.717, 1.165) is 25.9 Å². The van der Waals surface area contributed by atoms with Crippen molar-refractivity contribution in [3.8, 4) is 11.5 Å². The molecule has 0 bridgehead atoms. The molecule has 1 unspecified atom stereocenters. The molecule has 1 aliphatic heterocycles. The van der Waals surface area contributed by atoms with E-state index < -0.39 is 11.0 Å². The molecular weight excluding hydrogens is 406 g/mol. The van der Waals surface area contributed by atoms with Crippen LogP contribution in [0.3, 0.4) is 0 Å². The molecule has 11 heteroatoms. The fraction of sp³-hybridized carbons (Fsp3) is 0.450. The molecular formula is C20H25N5O6. The minimum atomic E-state index is -0.850. The lowest BCUT2D eigenvalue weighted by Crippen LogP contribution is -2.29. The highest BCUT2D eigenvalue weighted by molar-refractivity contribution is 5.72. The Kier molecular flexibility index (Phi) is 7.55. The van der Waals surface area contributed by atoms with Gasteiger partial charge in [0.1, 0.15) is 17.8 Å². The number of nitrogens with zero attached hydrogens (tertiary/aromatic N) is 3. The van der Waals surface area contributed by atoms with E-state index in [0.29, 0.717) is 30.1 Å². The first kappa shape index (κ1) is 22.2.